The van der Waals surface area contributed by atoms with Gasteiger partial charge in [-0.15, -0.1) is 0 Å². The van der Waals surface area contributed by atoms with E-state index in [0.717, 1.165) is 0 Å². The standard InChI is InChI=1S/C11H21N/c1-9(2)11(5)7-8-12(6)10(3)4/h7-10H,5H2,1-4,6H3/b8-7-. The molecule has 12 heavy (non-hydrogen) atoms. The third-order valence-corrected chi connectivity index (χ3v) is 2.08. The van der Waals surface area contributed by atoms with Gasteiger partial charge in [0.25, 0.3) is 0 Å². The Balaban J connectivity index is 3.98. The molecule has 0 spiro atoms. The van der Waals surface area contributed by atoms with Gasteiger partial charge in [-0.05, 0) is 32.0 Å². The molecule has 0 aliphatic heterocycles. The molecule has 0 atom stereocenters. The van der Waals surface area contributed by atoms with Crippen LogP contribution in [0.2, 0.25) is 0 Å². The van der Waals surface area contributed by atoms with Crippen LogP contribution in [-0.2, 0) is 0 Å². The van der Waals surface area contributed by atoms with Crippen LogP contribution in [0.25, 0.3) is 0 Å². The summed E-state index contributed by atoms with van der Waals surface area (Å²) >= 11 is 0. The Kier molecular flexibility index (Phi) is 4.72. The number of rotatable bonds is 4. The fourth-order valence-corrected chi connectivity index (χ4v) is 0.578. The van der Waals surface area contributed by atoms with Crippen LogP contribution < -0.4 is 0 Å². The minimum atomic E-state index is 0.543. The molecule has 1 heteroatoms. The van der Waals surface area contributed by atoms with E-state index in [1.54, 1.807) is 0 Å². The van der Waals surface area contributed by atoms with Gasteiger partial charge in [-0.1, -0.05) is 26.0 Å². The first kappa shape index (κ1) is 11.3. The SMILES string of the molecule is C=C(/C=C\N(C)C(C)C)C(C)C. The van der Waals surface area contributed by atoms with Crippen LogP contribution in [0.15, 0.2) is 24.4 Å². The van der Waals surface area contributed by atoms with Crippen LogP contribution in [0.3, 0.4) is 0 Å². The van der Waals surface area contributed by atoms with Gasteiger partial charge in [0, 0.05) is 13.1 Å². The highest BCUT2D eigenvalue weighted by atomic mass is 15.1. The smallest absolute Gasteiger partial charge is 0.0224 e. The fourth-order valence-electron chi connectivity index (χ4n) is 0.578. The molecule has 0 saturated heterocycles. The molecule has 0 radical (unpaired) electrons. The second-order valence-electron chi connectivity index (χ2n) is 3.80. The van der Waals surface area contributed by atoms with Crippen molar-refractivity contribution in [1.29, 1.82) is 0 Å². The number of allylic oxidation sites excluding steroid dienone is 2. The highest BCUT2D eigenvalue weighted by Crippen LogP contribution is 2.08. The molecule has 0 aromatic carbocycles. The average molecular weight is 167 g/mol. The highest BCUT2D eigenvalue weighted by Gasteiger charge is 1.97. The van der Waals surface area contributed by atoms with Gasteiger partial charge in [0.05, 0.1) is 0 Å². The molecule has 0 bridgehead atoms. The van der Waals surface area contributed by atoms with E-state index in [-0.39, 0.29) is 0 Å². The molecule has 0 saturated carbocycles. The topological polar surface area (TPSA) is 3.24 Å². The lowest BCUT2D eigenvalue weighted by atomic mass is 10.1. The Morgan fingerprint density at radius 1 is 1.25 bits per heavy atom. The van der Waals surface area contributed by atoms with E-state index in [4.69, 9.17) is 0 Å². The third-order valence-electron chi connectivity index (χ3n) is 2.08. The van der Waals surface area contributed by atoms with Crippen molar-refractivity contribution in [3.8, 4) is 0 Å². The van der Waals surface area contributed by atoms with E-state index in [2.05, 4.69) is 58.5 Å². The van der Waals surface area contributed by atoms with Crippen molar-refractivity contribution in [1.82, 2.24) is 4.90 Å². The molecule has 0 amide bonds. The van der Waals surface area contributed by atoms with Crippen LogP contribution >= 0.6 is 0 Å². The van der Waals surface area contributed by atoms with Crippen molar-refractivity contribution >= 4 is 0 Å². The summed E-state index contributed by atoms with van der Waals surface area (Å²) in [4.78, 5) is 2.17. The summed E-state index contributed by atoms with van der Waals surface area (Å²) in [5.74, 6) is 0.543. The summed E-state index contributed by atoms with van der Waals surface area (Å²) in [6, 6.07) is 0.557. The minimum Gasteiger partial charge on any atom is -0.378 e. The van der Waals surface area contributed by atoms with Crippen molar-refractivity contribution in [2.24, 2.45) is 5.92 Å². The van der Waals surface area contributed by atoms with Gasteiger partial charge >= 0.3 is 0 Å². The maximum absolute atomic E-state index is 3.97. The summed E-state index contributed by atoms with van der Waals surface area (Å²) in [5.41, 5.74) is 1.18. The summed E-state index contributed by atoms with van der Waals surface area (Å²) in [7, 11) is 2.08. The monoisotopic (exact) mass is 167 g/mol. The third kappa shape index (κ3) is 4.22. The van der Waals surface area contributed by atoms with Crippen molar-refractivity contribution in [3.05, 3.63) is 24.4 Å². The van der Waals surface area contributed by atoms with E-state index < -0.39 is 0 Å². The summed E-state index contributed by atoms with van der Waals surface area (Å²) in [6.07, 6.45) is 4.18. The van der Waals surface area contributed by atoms with Crippen LogP contribution in [0, 0.1) is 5.92 Å². The van der Waals surface area contributed by atoms with Crippen molar-refractivity contribution in [2.75, 3.05) is 7.05 Å². The lowest BCUT2D eigenvalue weighted by Crippen LogP contribution is -2.19. The van der Waals surface area contributed by atoms with Gasteiger partial charge in [0.2, 0.25) is 0 Å². The molecular formula is C11H21N. The second-order valence-corrected chi connectivity index (χ2v) is 3.80. The van der Waals surface area contributed by atoms with E-state index in [1.165, 1.54) is 5.57 Å². The van der Waals surface area contributed by atoms with Crippen molar-refractivity contribution < 1.29 is 0 Å². The zero-order valence-corrected chi connectivity index (χ0v) is 8.96. The lowest BCUT2D eigenvalue weighted by molar-refractivity contribution is 0.375. The predicted octanol–water partition coefficient (Wildman–Crippen LogP) is 3.05. The predicted molar refractivity (Wildman–Crippen MR) is 56.0 cm³/mol. The highest BCUT2D eigenvalue weighted by molar-refractivity contribution is 5.15. The zero-order valence-electron chi connectivity index (χ0n) is 8.96. The van der Waals surface area contributed by atoms with E-state index >= 15 is 0 Å². The summed E-state index contributed by atoms with van der Waals surface area (Å²) in [5, 5.41) is 0. The molecular weight excluding hydrogens is 146 g/mol. The van der Waals surface area contributed by atoms with E-state index in [0.29, 0.717) is 12.0 Å². The lowest BCUT2D eigenvalue weighted by Gasteiger charge is -2.18. The molecule has 70 valence electrons. The van der Waals surface area contributed by atoms with Crippen molar-refractivity contribution in [2.45, 2.75) is 33.7 Å². The first-order valence-corrected chi connectivity index (χ1v) is 4.54. The molecule has 0 heterocycles. The summed E-state index contributed by atoms with van der Waals surface area (Å²) in [6.45, 7) is 12.6. The minimum absolute atomic E-state index is 0.543. The first-order chi connectivity index (χ1) is 5.45. The van der Waals surface area contributed by atoms with Gasteiger partial charge in [-0.25, -0.2) is 0 Å². The molecule has 0 fully saturated rings. The largest absolute Gasteiger partial charge is 0.378 e. The Morgan fingerprint density at radius 2 is 1.75 bits per heavy atom. The first-order valence-electron chi connectivity index (χ1n) is 4.54. The second kappa shape index (κ2) is 5.02. The Hall–Kier alpha value is -0.720. The molecule has 0 aromatic heterocycles. The van der Waals surface area contributed by atoms with Gasteiger partial charge in [-0.3, -0.25) is 0 Å². The zero-order chi connectivity index (χ0) is 9.72. The molecule has 0 unspecified atom stereocenters. The van der Waals surface area contributed by atoms with Crippen LogP contribution in [0.4, 0.5) is 0 Å². The Labute approximate surface area is 76.8 Å². The number of hydrogen-bond acceptors (Lipinski definition) is 1. The Bertz CT molecular complexity index is 166. The molecule has 0 aliphatic rings. The van der Waals surface area contributed by atoms with E-state index in [9.17, 15) is 0 Å². The maximum Gasteiger partial charge on any atom is 0.0224 e. The molecule has 1 nitrogen and oxygen atoms in total. The van der Waals surface area contributed by atoms with Gasteiger partial charge in [0.15, 0.2) is 0 Å². The molecule has 0 rings (SSSR count). The van der Waals surface area contributed by atoms with Gasteiger partial charge < -0.3 is 4.90 Å². The average Bonchev–Trinajstić information content (AvgIpc) is 1.98. The van der Waals surface area contributed by atoms with Crippen LogP contribution in [-0.4, -0.2) is 18.0 Å². The van der Waals surface area contributed by atoms with Crippen LogP contribution in [0.1, 0.15) is 27.7 Å². The molecule has 0 aromatic rings. The normalized spacial score (nSPS) is 11.6. The Morgan fingerprint density at radius 3 is 2.08 bits per heavy atom. The van der Waals surface area contributed by atoms with Crippen LogP contribution in [0.5, 0.6) is 0 Å². The molecule has 0 aliphatic carbocycles. The quantitative estimate of drug-likeness (QED) is 0.582. The molecule has 0 N–H and O–H groups in total. The summed E-state index contributed by atoms with van der Waals surface area (Å²) < 4.78 is 0. The van der Waals surface area contributed by atoms with Gasteiger partial charge in [0.1, 0.15) is 0 Å². The maximum atomic E-state index is 3.97. The van der Waals surface area contributed by atoms with Crippen molar-refractivity contribution in [3.63, 3.8) is 0 Å². The number of hydrogen-bond donors (Lipinski definition) is 0. The number of nitrogens with zero attached hydrogens (tertiary/aromatic N) is 1. The fraction of sp³-hybridized carbons (Fsp3) is 0.636. The van der Waals surface area contributed by atoms with Gasteiger partial charge in [-0.2, -0.15) is 0 Å². The van der Waals surface area contributed by atoms with E-state index in [1.807, 2.05) is 0 Å².